The summed E-state index contributed by atoms with van der Waals surface area (Å²) in [6.07, 6.45) is 1.08. The number of pyridine rings is 1. The van der Waals surface area contributed by atoms with Gasteiger partial charge in [-0.15, -0.1) is 12.4 Å². The third-order valence-corrected chi connectivity index (χ3v) is 4.33. The van der Waals surface area contributed by atoms with Gasteiger partial charge in [0.1, 0.15) is 5.75 Å². The van der Waals surface area contributed by atoms with Gasteiger partial charge in [0.15, 0.2) is 5.82 Å². The average Bonchev–Trinajstić information content (AvgIpc) is 2.98. The van der Waals surface area contributed by atoms with E-state index in [2.05, 4.69) is 4.98 Å². The molecule has 3 N–H and O–H groups in total. The standard InChI is InChI=1S/C18H18ClFN4O4.ClH/c19-11-7-15(20)17(22-9-11)28-14-3-1-13(2-4-14)24-6-5-23(18(24)27)10-12(21)8-16(25)26;/h1-4,7,9,12H,5-6,8,10,21H2,(H,25,26);1H/t12-;/m0./s1. The number of urea groups is 1. The Kier molecular flexibility index (Phi) is 7.60. The normalized spacial score (nSPS) is 14.5. The van der Waals surface area contributed by atoms with E-state index < -0.39 is 17.8 Å². The Bertz CT molecular complexity index is 885. The van der Waals surface area contributed by atoms with Gasteiger partial charge in [0.25, 0.3) is 5.88 Å². The van der Waals surface area contributed by atoms with Gasteiger partial charge in [-0.05, 0) is 30.3 Å². The minimum Gasteiger partial charge on any atom is -0.481 e. The van der Waals surface area contributed by atoms with Crippen molar-refractivity contribution >= 4 is 41.7 Å². The fraction of sp³-hybridized carbons (Fsp3) is 0.278. The smallest absolute Gasteiger partial charge is 0.324 e. The summed E-state index contributed by atoms with van der Waals surface area (Å²) in [4.78, 5) is 30.1. The van der Waals surface area contributed by atoms with Crippen LogP contribution in [0.25, 0.3) is 0 Å². The number of carbonyl (C=O) groups is 2. The molecule has 29 heavy (non-hydrogen) atoms. The third kappa shape index (κ3) is 5.69. The van der Waals surface area contributed by atoms with Crippen LogP contribution < -0.4 is 15.4 Å². The van der Waals surface area contributed by atoms with Crippen LogP contribution in [-0.4, -0.2) is 52.7 Å². The molecule has 0 radical (unpaired) electrons. The summed E-state index contributed by atoms with van der Waals surface area (Å²) >= 11 is 5.66. The summed E-state index contributed by atoms with van der Waals surface area (Å²) in [6, 6.07) is 6.75. The molecule has 1 aromatic carbocycles. The number of nitrogens with zero attached hydrogens (tertiary/aromatic N) is 3. The van der Waals surface area contributed by atoms with Crippen molar-refractivity contribution in [3.8, 4) is 11.6 Å². The number of hydrogen-bond acceptors (Lipinski definition) is 5. The molecule has 1 aliphatic heterocycles. The molecule has 0 bridgehead atoms. The Morgan fingerprint density at radius 3 is 2.66 bits per heavy atom. The highest BCUT2D eigenvalue weighted by Crippen LogP contribution is 2.27. The zero-order chi connectivity index (χ0) is 20.3. The van der Waals surface area contributed by atoms with E-state index in [0.29, 0.717) is 24.5 Å². The van der Waals surface area contributed by atoms with Gasteiger partial charge in [0.05, 0.1) is 11.4 Å². The predicted molar refractivity (Wildman–Crippen MR) is 108 cm³/mol. The molecule has 1 fully saturated rings. The summed E-state index contributed by atoms with van der Waals surface area (Å²) in [7, 11) is 0. The van der Waals surface area contributed by atoms with E-state index in [1.165, 1.54) is 11.1 Å². The Balaban J connectivity index is 0.00000300. The van der Waals surface area contributed by atoms with Crippen molar-refractivity contribution in [3.63, 3.8) is 0 Å². The fourth-order valence-electron chi connectivity index (χ4n) is 2.85. The SMILES string of the molecule is Cl.N[C@@H](CC(=O)O)CN1CCN(c2ccc(Oc3ncc(Cl)cc3F)cc2)C1=O. The van der Waals surface area contributed by atoms with Gasteiger partial charge in [-0.3, -0.25) is 9.69 Å². The monoisotopic (exact) mass is 444 g/mol. The maximum Gasteiger partial charge on any atom is 0.324 e. The zero-order valence-electron chi connectivity index (χ0n) is 15.1. The zero-order valence-corrected chi connectivity index (χ0v) is 16.7. The van der Waals surface area contributed by atoms with E-state index >= 15 is 0 Å². The second-order valence-corrected chi connectivity index (χ2v) is 6.71. The summed E-state index contributed by atoms with van der Waals surface area (Å²) in [5.41, 5.74) is 6.40. The topological polar surface area (TPSA) is 109 Å². The summed E-state index contributed by atoms with van der Waals surface area (Å²) in [6.45, 7) is 1.07. The van der Waals surface area contributed by atoms with Crippen molar-refractivity contribution in [1.29, 1.82) is 0 Å². The lowest BCUT2D eigenvalue weighted by Gasteiger charge is -2.21. The largest absolute Gasteiger partial charge is 0.481 e. The first-order valence-corrected chi connectivity index (χ1v) is 8.84. The van der Waals surface area contributed by atoms with Crippen LogP contribution in [0.3, 0.4) is 0 Å². The highest BCUT2D eigenvalue weighted by Gasteiger charge is 2.30. The van der Waals surface area contributed by atoms with Crippen LogP contribution in [0.1, 0.15) is 6.42 Å². The summed E-state index contributed by atoms with van der Waals surface area (Å²) < 4.78 is 19.1. The molecule has 3 rings (SSSR count). The molecular formula is C18H19Cl2FN4O4. The molecule has 156 valence electrons. The molecule has 2 heterocycles. The summed E-state index contributed by atoms with van der Waals surface area (Å²) in [5, 5.41) is 8.94. The molecule has 1 aromatic heterocycles. The molecule has 8 nitrogen and oxygen atoms in total. The number of rotatable bonds is 7. The minimum absolute atomic E-state index is 0. The van der Waals surface area contributed by atoms with Crippen LogP contribution in [0.15, 0.2) is 36.5 Å². The fourth-order valence-corrected chi connectivity index (χ4v) is 2.99. The number of aromatic nitrogens is 1. The molecular weight excluding hydrogens is 426 g/mol. The molecule has 0 unspecified atom stereocenters. The van der Waals surface area contributed by atoms with Crippen molar-refractivity contribution in [2.24, 2.45) is 5.73 Å². The summed E-state index contributed by atoms with van der Waals surface area (Å²) in [5.74, 6) is -1.53. The van der Waals surface area contributed by atoms with Gasteiger partial charge >= 0.3 is 12.0 Å². The van der Waals surface area contributed by atoms with Crippen molar-refractivity contribution in [2.75, 3.05) is 24.5 Å². The maximum absolute atomic E-state index is 13.8. The van der Waals surface area contributed by atoms with Crippen LogP contribution in [0.4, 0.5) is 14.9 Å². The minimum atomic E-state index is -1.00. The molecule has 2 amide bonds. The number of carbonyl (C=O) groups excluding carboxylic acids is 1. The van der Waals surface area contributed by atoms with E-state index in [1.54, 1.807) is 29.2 Å². The maximum atomic E-state index is 13.8. The lowest BCUT2D eigenvalue weighted by molar-refractivity contribution is -0.137. The number of carboxylic acid groups (broad SMARTS) is 1. The quantitative estimate of drug-likeness (QED) is 0.678. The van der Waals surface area contributed by atoms with Crippen molar-refractivity contribution < 1.29 is 23.8 Å². The number of aliphatic carboxylic acids is 1. The van der Waals surface area contributed by atoms with E-state index in [4.69, 9.17) is 27.2 Å². The van der Waals surface area contributed by atoms with Crippen molar-refractivity contribution in [2.45, 2.75) is 12.5 Å². The second-order valence-electron chi connectivity index (χ2n) is 6.27. The molecule has 0 saturated carbocycles. The first-order valence-electron chi connectivity index (χ1n) is 8.46. The molecule has 11 heteroatoms. The van der Waals surface area contributed by atoms with Crippen molar-refractivity contribution in [3.05, 3.63) is 47.4 Å². The number of nitrogens with two attached hydrogens (primary N) is 1. The lowest BCUT2D eigenvalue weighted by Crippen LogP contribution is -2.41. The van der Waals surface area contributed by atoms with Crippen LogP contribution in [0.5, 0.6) is 11.6 Å². The Morgan fingerprint density at radius 1 is 1.34 bits per heavy atom. The first-order chi connectivity index (χ1) is 13.3. The van der Waals surface area contributed by atoms with Crippen molar-refractivity contribution in [1.82, 2.24) is 9.88 Å². The number of ether oxygens (including phenoxy) is 1. The van der Waals surface area contributed by atoms with E-state index in [-0.39, 0.29) is 42.3 Å². The third-order valence-electron chi connectivity index (χ3n) is 4.12. The van der Waals surface area contributed by atoms with Gasteiger partial charge in [0.2, 0.25) is 0 Å². The number of amides is 2. The molecule has 1 saturated heterocycles. The van der Waals surface area contributed by atoms with Crippen LogP contribution >= 0.6 is 24.0 Å². The number of benzene rings is 1. The van der Waals surface area contributed by atoms with E-state index in [0.717, 1.165) is 6.07 Å². The number of carboxylic acids is 1. The highest BCUT2D eigenvalue weighted by molar-refractivity contribution is 6.30. The van der Waals surface area contributed by atoms with Gasteiger partial charge in [-0.2, -0.15) is 0 Å². The Labute approximate surface area is 177 Å². The van der Waals surface area contributed by atoms with E-state index in [1.807, 2.05) is 0 Å². The molecule has 0 spiro atoms. The van der Waals surface area contributed by atoms with Gasteiger partial charge in [-0.25, -0.2) is 14.2 Å². The Morgan fingerprint density at radius 2 is 2.03 bits per heavy atom. The average molecular weight is 445 g/mol. The number of anilines is 1. The predicted octanol–water partition coefficient (Wildman–Crippen LogP) is 3.13. The lowest BCUT2D eigenvalue weighted by atomic mass is 10.2. The number of hydrogen-bond donors (Lipinski definition) is 2. The van der Waals surface area contributed by atoms with Gasteiger partial charge < -0.3 is 20.5 Å². The highest BCUT2D eigenvalue weighted by atomic mass is 35.5. The molecule has 1 atom stereocenters. The van der Waals surface area contributed by atoms with Crippen LogP contribution in [-0.2, 0) is 4.79 Å². The molecule has 2 aromatic rings. The van der Waals surface area contributed by atoms with Gasteiger partial charge in [0, 0.05) is 37.6 Å². The molecule has 0 aliphatic carbocycles. The number of halogens is 3. The van der Waals surface area contributed by atoms with Crippen LogP contribution in [0.2, 0.25) is 5.02 Å². The Hall–Kier alpha value is -2.62. The molecule has 1 aliphatic rings. The second kappa shape index (κ2) is 9.73. The first kappa shape index (κ1) is 22.7. The van der Waals surface area contributed by atoms with Crippen LogP contribution in [0, 0.1) is 5.82 Å². The van der Waals surface area contributed by atoms with Gasteiger partial charge in [-0.1, -0.05) is 11.6 Å². The van der Waals surface area contributed by atoms with E-state index in [9.17, 15) is 14.0 Å².